The minimum Gasteiger partial charge on any atom is -0.465 e. The van der Waals surface area contributed by atoms with E-state index in [2.05, 4.69) is 4.98 Å². The van der Waals surface area contributed by atoms with Crippen LogP contribution in [0.2, 0.25) is 0 Å². The number of benzene rings is 2. The first kappa shape index (κ1) is 20.5. The summed E-state index contributed by atoms with van der Waals surface area (Å²) in [7, 11) is 0. The molecule has 1 heterocycles. The highest BCUT2D eigenvalue weighted by Gasteiger charge is 2.36. The summed E-state index contributed by atoms with van der Waals surface area (Å²) in [6, 6.07) is 12.3. The number of carbonyl (C=O) groups is 1. The zero-order valence-electron chi connectivity index (χ0n) is 16.9. The van der Waals surface area contributed by atoms with Crippen LogP contribution >= 0.6 is 0 Å². The number of aromatic nitrogens is 2. The smallest absolute Gasteiger partial charge is 0.408 e. The van der Waals surface area contributed by atoms with Crippen LogP contribution in [0.15, 0.2) is 53.3 Å². The zero-order valence-corrected chi connectivity index (χ0v) is 16.9. The minimum absolute atomic E-state index is 0.118. The molecule has 1 N–H and O–H groups in total. The van der Waals surface area contributed by atoms with Gasteiger partial charge in [-0.15, -0.1) is 0 Å². The van der Waals surface area contributed by atoms with Crippen LogP contribution < -0.4 is 5.56 Å². The van der Waals surface area contributed by atoms with E-state index in [4.69, 9.17) is 0 Å². The maximum absolute atomic E-state index is 14.5. The fraction of sp³-hybridized carbons (Fsp3) is 0.318. The number of rotatable bonds is 4. The molecule has 1 aromatic heterocycles. The van der Waals surface area contributed by atoms with E-state index < -0.39 is 29.1 Å². The topological polar surface area (TPSA) is 75.4 Å². The van der Waals surface area contributed by atoms with Crippen LogP contribution in [0, 0.1) is 5.82 Å². The summed E-state index contributed by atoms with van der Waals surface area (Å²) in [6.07, 6.45) is -0.721. The van der Waals surface area contributed by atoms with Crippen LogP contribution in [0.25, 0.3) is 16.6 Å². The summed E-state index contributed by atoms with van der Waals surface area (Å²) in [4.78, 5) is 31.3. The van der Waals surface area contributed by atoms with Crippen LogP contribution in [0.4, 0.5) is 9.18 Å². The Bertz CT molecular complexity index is 1100. The second-order valence-electron chi connectivity index (χ2n) is 7.83. The van der Waals surface area contributed by atoms with E-state index in [1.807, 2.05) is 6.92 Å². The molecule has 0 radical (unpaired) electrons. The lowest BCUT2D eigenvalue weighted by Crippen LogP contribution is -2.48. The molecular formula is C22H24FN3O3. The summed E-state index contributed by atoms with van der Waals surface area (Å²) in [5, 5.41) is 9.79. The van der Waals surface area contributed by atoms with Crippen LogP contribution in [-0.4, -0.2) is 31.2 Å². The van der Waals surface area contributed by atoms with Crippen molar-refractivity contribution in [1.29, 1.82) is 0 Å². The molecule has 2 aromatic carbocycles. The molecule has 1 atom stereocenters. The quantitative estimate of drug-likeness (QED) is 0.689. The molecule has 0 saturated carbocycles. The summed E-state index contributed by atoms with van der Waals surface area (Å²) in [6.45, 7) is 7.20. The van der Waals surface area contributed by atoms with Crippen molar-refractivity contribution in [2.45, 2.75) is 45.7 Å². The lowest BCUT2D eigenvalue weighted by atomic mass is 10.0. The molecule has 0 saturated heterocycles. The summed E-state index contributed by atoms with van der Waals surface area (Å²) in [5.74, 6) is -0.394. The average Bonchev–Trinajstić information content (AvgIpc) is 2.65. The molecule has 0 aliphatic heterocycles. The summed E-state index contributed by atoms with van der Waals surface area (Å²) in [5.41, 5.74) is -0.590. The first-order chi connectivity index (χ1) is 13.7. The maximum Gasteiger partial charge on any atom is 0.408 e. The number of hydrogen-bond acceptors (Lipinski definition) is 3. The largest absolute Gasteiger partial charge is 0.465 e. The van der Waals surface area contributed by atoms with Gasteiger partial charge in [-0.2, -0.15) is 0 Å². The molecule has 3 rings (SSSR count). The molecule has 7 heteroatoms. The third-order valence-electron chi connectivity index (χ3n) is 4.81. The van der Waals surface area contributed by atoms with E-state index >= 15 is 0 Å². The van der Waals surface area contributed by atoms with Crippen molar-refractivity contribution < 1.29 is 14.3 Å². The van der Waals surface area contributed by atoms with E-state index in [1.165, 1.54) is 21.6 Å². The molecule has 0 aliphatic carbocycles. The Kier molecular flexibility index (Phi) is 5.42. The minimum atomic E-state index is -1.11. The molecule has 1 amide bonds. The standard InChI is InChI=1S/C22H24FN3O3/c1-5-17(26(21(28)29)22(2,3)4)19-24-16-13-9-12-15(23)18(16)20(27)25(19)14-10-7-6-8-11-14/h6-13,17H,5H2,1-4H3,(H,28,29). The molecule has 6 nitrogen and oxygen atoms in total. The normalized spacial score (nSPS) is 12.7. The van der Waals surface area contributed by atoms with Crippen molar-refractivity contribution in [2.75, 3.05) is 0 Å². The Hall–Kier alpha value is -3.22. The van der Waals surface area contributed by atoms with Crippen LogP contribution in [-0.2, 0) is 0 Å². The number of fused-ring (bicyclic) bond motifs is 1. The zero-order chi connectivity index (χ0) is 21.3. The predicted molar refractivity (Wildman–Crippen MR) is 110 cm³/mol. The van der Waals surface area contributed by atoms with Crippen molar-refractivity contribution in [3.8, 4) is 5.69 Å². The van der Waals surface area contributed by atoms with Crippen molar-refractivity contribution in [3.05, 3.63) is 70.5 Å². The van der Waals surface area contributed by atoms with E-state index in [9.17, 15) is 19.1 Å². The molecule has 3 aromatic rings. The van der Waals surface area contributed by atoms with Gasteiger partial charge in [0.2, 0.25) is 0 Å². The second kappa shape index (κ2) is 7.66. The molecule has 152 valence electrons. The van der Waals surface area contributed by atoms with Crippen LogP contribution in [0.5, 0.6) is 0 Å². The number of para-hydroxylation sites is 1. The van der Waals surface area contributed by atoms with Crippen molar-refractivity contribution in [3.63, 3.8) is 0 Å². The molecule has 29 heavy (non-hydrogen) atoms. The lowest BCUT2D eigenvalue weighted by Gasteiger charge is -2.39. The van der Waals surface area contributed by atoms with Gasteiger partial charge in [0.15, 0.2) is 0 Å². The number of nitrogens with zero attached hydrogens (tertiary/aromatic N) is 3. The third-order valence-corrected chi connectivity index (χ3v) is 4.81. The van der Waals surface area contributed by atoms with Gasteiger partial charge in [0.25, 0.3) is 5.56 Å². The Balaban J connectivity index is 2.42. The fourth-order valence-corrected chi connectivity index (χ4v) is 3.63. The number of halogens is 1. The Morgan fingerprint density at radius 2 is 1.83 bits per heavy atom. The second-order valence-corrected chi connectivity index (χ2v) is 7.83. The summed E-state index contributed by atoms with van der Waals surface area (Å²) < 4.78 is 15.8. The molecule has 0 bridgehead atoms. The maximum atomic E-state index is 14.5. The first-order valence-electron chi connectivity index (χ1n) is 9.45. The molecule has 0 aliphatic rings. The van der Waals surface area contributed by atoms with Gasteiger partial charge >= 0.3 is 6.09 Å². The molecule has 0 spiro atoms. The van der Waals surface area contributed by atoms with Gasteiger partial charge in [0.1, 0.15) is 17.0 Å². The van der Waals surface area contributed by atoms with E-state index in [1.54, 1.807) is 57.2 Å². The van der Waals surface area contributed by atoms with Gasteiger partial charge < -0.3 is 5.11 Å². The predicted octanol–water partition coefficient (Wildman–Crippen LogP) is 4.75. The third kappa shape index (κ3) is 3.72. The van der Waals surface area contributed by atoms with E-state index in [-0.39, 0.29) is 16.7 Å². The number of amides is 1. The van der Waals surface area contributed by atoms with Gasteiger partial charge in [0, 0.05) is 5.54 Å². The highest BCUT2D eigenvalue weighted by atomic mass is 19.1. The highest BCUT2D eigenvalue weighted by Crippen LogP contribution is 2.31. The van der Waals surface area contributed by atoms with Crippen molar-refractivity contribution in [2.24, 2.45) is 0 Å². The Morgan fingerprint density at radius 3 is 2.38 bits per heavy atom. The van der Waals surface area contributed by atoms with Crippen LogP contribution in [0.1, 0.15) is 46.0 Å². The molecular weight excluding hydrogens is 373 g/mol. The fourth-order valence-electron chi connectivity index (χ4n) is 3.63. The summed E-state index contributed by atoms with van der Waals surface area (Å²) >= 11 is 0. The monoisotopic (exact) mass is 397 g/mol. The van der Waals surface area contributed by atoms with E-state index in [0.29, 0.717) is 12.1 Å². The van der Waals surface area contributed by atoms with Gasteiger partial charge in [-0.05, 0) is 51.5 Å². The Labute approximate surface area is 168 Å². The Morgan fingerprint density at radius 1 is 1.17 bits per heavy atom. The SMILES string of the molecule is CCC(c1nc2cccc(F)c2c(=O)n1-c1ccccc1)N(C(=O)O)C(C)(C)C. The van der Waals surface area contributed by atoms with Gasteiger partial charge in [0.05, 0.1) is 17.2 Å². The highest BCUT2D eigenvalue weighted by molar-refractivity contribution is 5.79. The van der Waals surface area contributed by atoms with Crippen molar-refractivity contribution >= 4 is 17.0 Å². The molecule has 0 fully saturated rings. The number of carboxylic acid groups (broad SMARTS) is 1. The van der Waals surface area contributed by atoms with Crippen molar-refractivity contribution in [1.82, 2.24) is 14.5 Å². The average molecular weight is 397 g/mol. The van der Waals surface area contributed by atoms with Gasteiger partial charge in [-0.25, -0.2) is 14.2 Å². The lowest BCUT2D eigenvalue weighted by molar-refractivity contribution is 0.0646. The van der Waals surface area contributed by atoms with Gasteiger partial charge in [-0.3, -0.25) is 14.3 Å². The van der Waals surface area contributed by atoms with Gasteiger partial charge in [-0.1, -0.05) is 31.2 Å². The number of hydrogen-bond donors (Lipinski definition) is 1. The molecule has 1 unspecified atom stereocenters. The first-order valence-corrected chi connectivity index (χ1v) is 9.45. The van der Waals surface area contributed by atoms with Crippen LogP contribution in [0.3, 0.4) is 0 Å². The van der Waals surface area contributed by atoms with E-state index in [0.717, 1.165) is 0 Å².